The Labute approximate surface area is 137 Å². The van der Waals surface area contributed by atoms with Crippen molar-refractivity contribution in [3.05, 3.63) is 47.3 Å². The van der Waals surface area contributed by atoms with E-state index in [0.717, 1.165) is 12.1 Å². The summed E-state index contributed by atoms with van der Waals surface area (Å²) < 4.78 is 5.29. The fourth-order valence-corrected chi connectivity index (χ4v) is 3.80. The molecule has 0 saturated carbocycles. The van der Waals surface area contributed by atoms with Gasteiger partial charge in [0, 0.05) is 30.0 Å². The van der Waals surface area contributed by atoms with Gasteiger partial charge in [0.2, 0.25) is 0 Å². The summed E-state index contributed by atoms with van der Waals surface area (Å²) in [5.74, 6) is 0.515. The number of hydrogen-bond acceptors (Lipinski definition) is 3. The van der Waals surface area contributed by atoms with Crippen LogP contribution in [0.2, 0.25) is 0 Å². The minimum absolute atomic E-state index is 0.170. The summed E-state index contributed by atoms with van der Waals surface area (Å²) in [6.07, 6.45) is 5.49. The first-order valence-electron chi connectivity index (χ1n) is 8.00. The topological polar surface area (TPSA) is 42.7 Å². The summed E-state index contributed by atoms with van der Waals surface area (Å²) in [6.45, 7) is 13.4. The summed E-state index contributed by atoms with van der Waals surface area (Å²) in [7, 11) is 0. The van der Waals surface area contributed by atoms with Crippen molar-refractivity contribution in [3.8, 4) is 0 Å². The van der Waals surface area contributed by atoms with Crippen LogP contribution in [0.3, 0.4) is 0 Å². The molecule has 1 aliphatic heterocycles. The number of rotatable bonds is 3. The molecule has 0 radical (unpaired) electrons. The third-order valence-corrected chi connectivity index (χ3v) is 4.96. The van der Waals surface area contributed by atoms with E-state index in [-0.39, 0.29) is 17.4 Å². The third kappa shape index (κ3) is 2.84. The second-order valence-electron chi connectivity index (χ2n) is 7.13. The van der Waals surface area contributed by atoms with Gasteiger partial charge in [-0.05, 0) is 24.0 Å². The normalized spacial score (nSPS) is 25.0. The van der Waals surface area contributed by atoms with Crippen LogP contribution in [0.15, 0.2) is 30.4 Å². The van der Waals surface area contributed by atoms with E-state index in [1.807, 2.05) is 18.2 Å². The summed E-state index contributed by atoms with van der Waals surface area (Å²) in [4.78, 5) is 14.7. The molecule has 1 N–H and O–H groups in total. The summed E-state index contributed by atoms with van der Waals surface area (Å²) >= 11 is 0. The number of nitrogens with zero attached hydrogens (tertiary/aromatic N) is 1. The van der Waals surface area contributed by atoms with E-state index in [4.69, 9.17) is 11.3 Å². The van der Waals surface area contributed by atoms with E-state index >= 15 is 0 Å². The molecule has 0 aromatic heterocycles. The first kappa shape index (κ1) is 15.6. The number of benzene rings is 1. The molecule has 1 heterocycles. The summed E-state index contributed by atoms with van der Waals surface area (Å²) in [5.41, 5.74) is 2.81. The number of hydrogen-bond donors (Lipinski definition) is 1. The first-order valence-corrected chi connectivity index (χ1v) is 8.00. The van der Waals surface area contributed by atoms with Crippen molar-refractivity contribution in [1.29, 1.82) is 0 Å². The van der Waals surface area contributed by atoms with Gasteiger partial charge < -0.3 is 10.1 Å². The zero-order chi connectivity index (χ0) is 16.6. The molecule has 1 aliphatic carbocycles. The van der Waals surface area contributed by atoms with Crippen LogP contribution in [-0.4, -0.2) is 18.6 Å². The average Bonchev–Trinajstić information content (AvgIpc) is 3.01. The highest BCUT2D eigenvalue weighted by atomic mass is 16.5. The van der Waals surface area contributed by atoms with Gasteiger partial charge in [0.05, 0.1) is 13.2 Å². The maximum Gasteiger partial charge on any atom is 0.302 e. The molecule has 0 bridgehead atoms. The molecule has 0 amide bonds. The van der Waals surface area contributed by atoms with Crippen LogP contribution < -0.4 is 5.32 Å². The Hall–Kier alpha value is -2.28. The molecule has 0 fully saturated rings. The number of carbonyl (C=O) groups excluding carboxylic acids is 1. The number of carbonyl (C=O) groups is 1. The van der Waals surface area contributed by atoms with Crippen molar-refractivity contribution in [1.82, 2.24) is 0 Å². The van der Waals surface area contributed by atoms with Gasteiger partial charge in [-0.2, -0.15) is 0 Å². The highest BCUT2D eigenvalue weighted by Crippen LogP contribution is 2.49. The molecular weight excluding hydrogens is 288 g/mol. The molecule has 0 spiro atoms. The largest absolute Gasteiger partial charge is 0.465 e. The Morgan fingerprint density at radius 1 is 1.48 bits per heavy atom. The van der Waals surface area contributed by atoms with Crippen LogP contribution in [0, 0.1) is 17.9 Å². The molecule has 120 valence electrons. The van der Waals surface area contributed by atoms with E-state index in [1.54, 1.807) is 0 Å². The van der Waals surface area contributed by atoms with Gasteiger partial charge in [-0.3, -0.25) is 4.79 Å². The SMILES string of the molecule is [C-]#[N+]c1ccc2c(c1)C1C=CCC1C(C(C)(C)COC(C)=O)N2. The Bertz CT molecular complexity index is 700. The van der Waals surface area contributed by atoms with E-state index in [1.165, 1.54) is 12.5 Å². The van der Waals surface area contributed by atoms with Gasteiger partial charge in [0.25, 0.3) is 0 Å². The third-order valence-electron chi connectivity index (χ3n) is 4.96. The quantitative estimate of drug-likeness (QED) is 0.515. The van der Waals surface area contributed by atoms with E-state index in [2.05, 4.69) is 36.2 Å². The van der Waals surface area contributed by atoms with Gasteiger partial charge >= 0.3 is 5.97 Å². The second kappa shape index (κ2) is 5.73. The van der Waals surface area contributed by atoms with Crippen molar-refractivity contribution < 1.29 is 9.53 Å². The molecular formula is C19H22N2O2. The molecule has 4 nitrogen and oxygen atoms in total. The van der Waals surface area contributed by atoms with Crippen molar-refractivity contribution in [2.75, 3.05) is 11.9 Å². The smallest absolute Gasteiger partial charge is 0.302 e. The van der Waals surface area contributed by atoms with Crippen molar-refractivity contribution in [3.63, 3.8) is 0 Å². The van der Waals surface area contributed by atoms with Crippen LogP contribution in [-0.2, 0) is 9.53 Å². The lowest BCUT2D eigenvalue weighted by Crippen LogP contribution is -2.48. The van der Waals surface area contributed by atoms with Crippen molar-refractivity contribution >= 4 is 17.3 Å². The lowest BCUT2D eigenvalue weighted by atomic mass is 9.69. The predicted molar refractivity (Wildman–Crippen MR) is 90.5 cm³/mol. The molecule has 3 unspecified atom stereocenters. The molecule has 0 saturated heterocycles. The molecule has 3 rings (SSSR count). The van der Waals surface area contributed by atoms with Gasteiger partial charge in [0.1, 0.15) is 0 Å². The fraction of sp³-hybridized carbons (Fsp3) is 0.474. The van der Waals surface area contributed by atoms with E-state index in [9.17, 15) is 4.79 Å². The lowest BCUT2D eigenvalue weighted by Gasteiger charge is -2.45. The maximum atomic E-state index is 11.2. The van der Waals surface area contributed by atoms with Crippen LogP contribution >= 0.6 is 0 Å². The molecule has 2 aliphatic rings. The van der Waals surface area contributed by atoms with Crippen LogP contribution in [0.1, 0.15) is 38.7 Å². The van der Waals surface area contributed by atoms with Crippen LogP contribution in [0.5, 0.6) is 0 Å². The second-order valence-corrected chi connectivity index (χ2v) is 7.13. The van der Waals surface area contributed by atoms with Crippen molar-refractivity contribution in [2.24, 2.45) is 11.3 Å². The van der Waals surface area contributed by atoms with Crippen molar-refractivity contribution in [2.45, 2.75) is 39.2 Å². The number of fused-ring (bicyclic) bond motifs is 3. The number of allylic oxidation sites excluding steroid dienone is 2. The number of nitrogens with one attached hydrogen (secondary N) is 1. The standard InChI is InChI=1S/C19H22N2O2/c1-12(22)23-11-19(2,3)18-15-7-5-6-14(15)16-10-13(20-4)8-9-17(16)21-18/h5-6,8-10,14-15,18,21H,7,11H2,1-3H3. The van der Waals surface area contributed by atoms with E-state index < -0.39 is 0 Å². The Morgan fingerprint density at radius 3 is 2.96 bits per heavy atom. The maximum absolute atomic E-state index is 11.2. The van der Waals surface area contributed by atoms with E-state index in [0.29, 0.717) is 24.1 Å². The minimum atomic E-state index is -0.239. The number of ether oxygens (including phenoxy) is 1. The van der Waals surface area contributed by atoms with Crippen LogP contribution in [0.25, 0.3) is 4.85 Å². The molecule has 1 aromatic carbocycles. The highest BCUT2D eigenvalue weighted by Gasteiger charge is 2.44. The number of anilines is 1. The molecule has 4 heteroatoms. The summed E-state index contributed by atoms with van der Waals surface area (Å²) in [6, 6.07) is 6.07. The Balaban J connectivity index is 1.93. The monoisotopic (exact) mass is 310 g/mol. The number of esters is 1. The zero-order valence-electron chi connectivity index (χ0n) is 13.8. The molecule has 23 heavy (non-hydrogen) atoms. The highest BCUT2D eigenvalue weighted by molar-refractivity contribution is 5.66. The average molecular weight is 310 g/mol. The Kier molecular flexibility index (Phi) is 3.89. The fourth-order valence-electron chi connectivity index (χ4n) is 3.80. The first-order chi connectivity index (χ1) is 10.9. The van der Waals surface area contributed by atoms with Crippen LogP contribution in [0.4, 0.5) is 11.4 Å². The minimum Gasteiger partial charge on any atom is -0.465 e. The Morgan fingerprint density at radius 2 is 2.26 bits per heavy atom. The van der Waals surface area contributed by atoms with Gasteiger partial charge in [-0.25, -0.2) is 4.85 Å². The summed E-state index contributed by atoms with van der Waals surface area (Å²) in [5, 5.41) is 3.65. The lowest BCUT2D eigenvalue weighted by molar-refractivity contribution is -0.144. The molecule has 1 aromatic rings. The van der Waals surface area contributed by atoms with Gasteiger partial charge in [-0.15, -0.1) is 0 Å². The van der Waals surface area contributed by atoms with Gasteiger partial charge in [0.15, 0.2) is 5.69 Å². The zero-order valence-corrected chi connectivity index (χ0v) is 13.8. The molecule has 3 atom stereocenters. The predicted octanol–water partition coefficient (Wildman–Crippen LogP) is 4.28. The van der Waals surface area contributed by atoms with Gasteiger partial charge in [-0.1, -0.05) is 38.1 Å².